The summed E-state index contributed by atoms with van der Waals surface area (Å²) in [5.41, 5.74) is 0.459. The van der Waals surface area contributed by atoms with E-state index in [0.29, 0.717) is 22.2 Å². The van der Waals surface area contributed by atoms with Crippen LogP contribution in [0.4, 0.5) is 5.69 Å². The number of hydrogen-bond acceptors (Lipinski definition) is 6. The minimum absolute atomic E-state index is 0.0240. The van der Waals surface area contributed by atoms with Crippen molar-refractivity contribution in [1.82, 2.24) is 0 Å². The van der Waals surface area contributed by atoms with E-state index >= 15 is 0 Å². The van der Waals surface area contributed by atoms with Crippen molar-refractivity contribution in [3.8, 4) is 17.6 Å². The summed E-state index contributed by atoms with van der Waals surface area (Å²) in [4.78, 5) is -0.469. The van der Waals surface area contributed by atoms with Gasteiger partial charge in [0.05, 0.1) is 24.8 Å². The lowest BCUT2D eigenvalue weighted by Crippen LogP contribution is -2.06. The molecule has 2 aromatic carbocycles. The average molecular weight is 379 g/mol. The molecule has 0 amide bonds. The van der Waals surface area contributed by atoms with Gasteiger partial charge in [0.1, 0.15) is 17.6 Å². The van der Waals surface area contributed by atoms with Crippen LogP contribution < -0.4 is 14.8 Å². The number of rotatable bonds is 6. The molecule has 0 bridgehead atoms. The number of sulfone groups is 1. The van der Waals surface area contributed by atoms with Gasteiger partial charge in [0.2, 0.25) is 9.84 Å². The molecule has 130 valence electrons. The quantitative estimate of drug-likeness (QED) is 0.772. The predicted molar refractivity (Wildman–Crippen MR) is 95.5 cm³/mol. The molecule has 25 heavy (non-hydrogen) atoms. The molecule has 2 aromatic rings. The lowest BCUT2D eigenvalue weighted by molar-refractivity contribution is 0.405. The average Bonchev–Trinajstić information content (AvgIpc) is 2.62. The van der Waals surface area contributed by atoms with Crippen LogP contribution in [0.1, 0.15) is 0 Å². The molecule has 0 unspecified atom stereocenters. The van der Waals surface area contributed by atoms with Crippen LogP contribution in [0.5, 0.6) is 11.5 Å². The second-order valence-corrected chi connectivity index (χ2v) is 7.14. The Bertz CT molecular complexity index is 932. The second kappa shape index (κ2) is 7.92. The van der Waals surface area contributed by atoms with E-state index in [1.54, 1.807) is 24.3 Å². The van der Waals surface area contributed by atoms with E-state index in [2.05, 4.69) is 5.32 Å². The molecule has 0 aliphatic heterocycles. The van der Waals surface area contributed by atoms with Crippen LogP contribution in [0.25, 0.3) is 0 Å². The number of nitrogens with one attached hydrogen (secondary N) is 1. The Morgan fingerprint density at radius 2 is 1.84 bits per heavy atom. The first-order valence-corrected chi connectivity index (χ1v) is 8.88. The van der Waals surface area contributed by atoms with E-state index in [4.69, 9.17) is 21.1 Å². The smallest absolute Gasteiger partial charge is 0.218 e. The predicted octanol–water partition coefficient (Wildman–Crippen LogP) is 3.61. The highest BCUT2D eigenvalue weighted by atomic mass is 35.5. The van der Waals surface area contributed by atoms with E-state index in [1.165, 1.54) is 38.5 Å². The first-order chi connectivity index (χ1) is 11.9. The number of methoxy groups -OCH3 is 2. The van der Waals surface area contributed by atoms with Crippen LogP contribution in [0.2, 0.25) is 5.02 Å². The summed E-state index contributed by atoms with van der Waals surface area (Å²) in [7, 11) is -0.981. The third kappa shape index (κ3) is 4.24. The van der Waals surface area contributed by atoms with Gasteiger partial charge in [-0.1, -0.05) is 11.6 Å². The Morgan fingerprint density at radius 3 is 2.40 bits per heavy atom. The van der Waals surface area contributed by atoms with Gasteiger partial charge >= 0.3 is 0 Å². The molecule has 1 N–H and O–H groups in total. The third-order valence-electron chi connectivity index (χ3n) is 3.29. The summed E-state index contributed by atoms with van der Waals surface area (Å²) in [6.07, 6.45) is 1.11. The molecule has 0 aromatic heterocycles. The Labute approximate surface area is 151 Å². The van der Waals surface area contributed by atoms with Crippen LogP contribution in [0.3, 0.4) is 0 Å². The number of anilines is 1. The highest BCUT2D eigenvalue weighted by Gasteiger charge is 2.21. The molecule has 6 nitrogen and oxygen atoms in total. The zero-order chi connectivity index (χ0) is 18.4. The van der Waals surface area contributed by atoms with Gasteiger partial charge in [-0.2, -0.15) is 5.26 Å². The minimum atomic E-state index is -3.97. The number of benzene rings is 2. The topological polar surface area (TPSA) is 88.4 Å². The summed E-state index contributed by atoms with van der Waals surface area (Å²) in [6.45, 7) is 0. The summed E-state index contributed by atoms with van der Waals surface area (Å²) < 4.78 is 35.4. The maximum Gasteiger partial charge on any atom is 0.218 e. The molecule has 0 atom stereocenters. The van der Waals surface area contributed by atoms with E-state index in [-0.39, 0.29) is 4.90 Å². The Balaban J connectivity index is 2.38. The molecule has 0 saturated carbocycles. The van der Waals surface area contributed by atoms with E-state index in [1.807, 2.05) is 0 Å². The van der Waals surface area contributed by atoms with Crippen molar-refractivity contribution in [2.24, 2.45) is 0 Å². The number of nitrogens with zero attached hydrogens (tertiary/aromatic N) is 1. The standard InChI is InChI=1S/C17H15ClN2O4S/c1-23-13-5-8-17(24-2)16(9-13)20-11-15(10-19)25(21,22)14-6-3-12(18)4-7-14/h3-9,11,20H,1-2H3/b15-11-. The van der Waals surface area contributed by atoms with Gasteiger partial charge < -0.3 is 14.8 Å². The molecule has 0 aliphatic carbocycles. The zero-order valence-electron chi connectivity index (χ0n) is 13.5. The van der Waals surface area contributed by atoms with E-state index < -0.39 is 14.7 Å². The maximum atomic E-state index is 12.5. The Morgan fingerprint density at radius 1 is 1.16 bits per heavy atom. The Hall–Kier alpha value is -2.69. The van der Waals surface area contributed by atoms with Crippen LogP contribution in [-0.2, 0) is 9.84 Å². The first-order valence-electron chi connectivity index (χ1n) is 7.02. The highest BCUT2D eigenvalue weighted by Crippen LogP contribution is 2.29. The summed E-state index contributed by atoms with van der Waals surface area (Å²) in [6, 6.07) is 12.3. The number of hydrogen-bond donors (Lipinski definition) is 1. The van der Waals surface area contributed by atoms with Crippen LogP contribution >= 0.6 is 11.6 Å². The van der Waals surface area contributed by atoms with Crippen molar-refractivity contribution < 1.29 is 17.9 Å². The molecule has 8 heteroatoms. The van der Waals surface area contributed by atoms with Crippen LogP contribution in [-0.4, -0.2) is 22.6 Å². The highest BCUT2D eigenvalue weighted by molar-refractivity contribution is 7.95. The first kappa shape index (κ1) is 18.6. The second-order valence-electron chi connectivity index (χ2n) is 4.79. The SMILES string of the molecule is COc1ccc(OC)c(N/C=C(/C#N)S(=O)(=O)c2ccc(Cl)cc2)c1. The van der Waals surface area contributed by atoms with Gasteiger partial charge in [-0.15, -0.1) is 0 Å². The summed E-state index contributed by atoms with van der Waals surface area (Å²) >= 11 is 5.77. The fourth-order valence-corrected chi connectivity index (χ4v) is 3.19. The molecule has 2 rings (SSSR count). The minimum Gasteiger partial charge on any atom is -0.497 e. The van der Waals surface area contributed by atoms with Gasteiger partial charge in [-0.05, 0) is 36.4 Å². The van der Waals surface area contributed by atoms with Gasteiger partial charge in [-0.3, -0.25) is 0 Å². The van der Waals surface area contributed by atoms with Crippen molar-refractivity contribution in [3.05, 3.63) is 58.6 Å². The van der Waals surface area contributed by atoms with Gasteiger partial charge in [0.25, 0.3) is 0 Å². The van der Waals surface area contributed by atoms with Crippen molar-refractivity contribution in [3.63, 3.8) is 0 Å². The lowest BCUT2D eigenvalue weighted by Gasteiger charge is -2.10. The normalized spacial score (nSPS) is 11.5. The van der Waals surface area contributed by atoms with Crippen LogP contribution in [0.15, 0.2) is 58.5 Å². The van der Waals surface area contributed by atoms with Crippen LogP contribution in [0, 0.1) is 11.3 Å². The molecule has 0 heterocycles. The molecule has 0 saturated heterocycles. The van der Waals surface area contributed by atoms with Crippen molar-refractivity contribution >= 4 is 27.1 Å². The van der Waals surface area contributed by atoms with E-state index in [0.717, 1.165) is 6.20 Å². The summed E-state index contributed by atoms with van der Waals surface area (Å²) in [5, 5.41) is 12.4. The molecule has 0 fully saturated rings. The Kier molecular flexibility index (Phi) is 5.91. The fraction of sp³-hybridized carbons (Fsp3) is 0.118. The van der Waals surface area contributed by atoms with Crippen molar-refractivity contribution in [2.75, 3.05) is 19.5 Å². The molecule has 0 radical (unpaired) electrons. The maximum absolute atomic E-state index is 12.5. The van der Waals surface area contributed by atoms with Crippen molar-refractivity contribution in [1.29, 1.82) is 5.26 Å². The summed E-state index contributed by atoms with van der Waals surface area (Å²) in [5.74, 6) is 1.02. The van der Waals surface area contributed by atoms with Gasteiger partial charge in [0, 0.05) is 17.3 Å². The number of halogens is 1. The molecule has 0 aliphatic rings. The van der Waals surface area contributed by atoms with Crippen molar-refractivity contribution in [2.45, 2.75) is 4.90 Å². The van der Waals surface area contributed by atoms with Gasteiger partial charge in [-0.25, -0.2) is 8.42 Å². The third-order valence-corrected chi connectivity index (χ3v) is 5.22. The molecule has 0 spiro atoms. The monoisotopic (exact) mass is 378 g/mol. The number of nitriles is 1. The fourth-order valence-electron chi connectivity index (χ4n) is 1.98. The molecular weight excluding hydrogens is 364 g/mol. The largest absolute Gasteiger partial charge is 0.497 e. The van der Waals surface area contributed by atoms with E-state index in [9.17, 15) is 13.7 Å². The number of allylic oxidation sites excluding steroid dienone is 1. The number of ether oxygens (including phenoxy) is 2. The lowest BCUT2D eigenvalue weighted by atomic mass is 10.2. The molecular formula is C17H15ClN2O4S. The van der Waals surface area contributed by atoms with Gasteiger partial charge in [0.15, 0.2) is 4.91 Å². The zero-order valence-corrected chi connectivity index (χ0v) is 15.1.